The van der Waals surface area contributed by atoms with E-state index < -0.39 is 0 Å². The molecule has 128 valence electrons. The summed E-state index contributed by atoms with van der Waals surface area (Å²) in [5, 5.41) is 0. The summed E-state index contributed by atoms with van der Waals surface area (Å²) < 4.78 is 5.29. The van der Waals surface area contributed by atoms with Gasteiger partial charge in [-0.1, -0.05) is 13.8 Å². The molecule has 0 saturated heterocycles. The third kappa shape index (κ3) is 2.14. The molecule has 0 amide bonds. The molecule has 3 heteroatoms. The Labute approximate surface area is 139 Å². The Morgan fingerprint density at radius 3 is 2.65 bits per heavy atom. The number of carbonyl (C=O) groups excluding carboxylic acids is 2. The largest absolute Gasteiger partial charge is 0.465 e. The van der Waals surface area contributed by atoms with E-state index in [2.05, 4.69) is 13.8 Å². The zero-order chi connectivity index (χ0) is 16.2. The molecule has 4 saturated carbocycles. The highest BCUT2D eigenvalue weighted by atomic mass is 16.5. The average Bonchev–Trinajstić information content (AvgIpc) is 2.84. The number of ketones is 1. The number of Topliss-reactive ketones (excluding diaryl/α,β-unsaturated/α-hetero) is 1. The van der Waals surface area contributed by atoms with Gasteiger partial charge in [0.2, 0.25) is 0 Å². The summed E-state index contributed by atoms with van der Waals surface area (Å²) in [4.78, 5) is 23.1. The van der Waals surface area contributed by atoms with Gasteiger partial charge in [-0.05, 0) is 80.5 Å². The van der Waals surface area contributed by atoms with Gasteiger partial charge < -0.3 is 4.74 Å². The van der Waals surface area contributed by atoms with Crippen molar-refractivity contribution in [3.05, 3.63) is 0 Å². The standard InChI is InChI=1S/C20H30O3/c1-19-9-7-14(23-12-21)11-13(19)3-4-15-16-5-6-18(22)20(16,2)10-8-17(15)19/h12-17H,3-11H2,1-2H3/t13-,14?,15+,16+,17+,19+,20+/m1/s1. The Kier molecular flexibility index (Phi) is 3.62. The fourth-order valence-corrected chi connectivity index (χ4v) is 7.19. The van der Waals surface area contributed by atoms with Crippen LogP contribution in [0.3, 0.4) is 0 Å². The van der Waals surface area contributed by atoms with Gasteiger partial charge in [0.1, 0.15) is 11.9 Å². The minimum atomic E-state index is -0.0117. The zero-order valence-corrected chi connectivity index (χ0v) is 14.6. The summed E-state index contributed by atoms with van der Waals surface area (Å²) in [6.07, 6.45) is 10.2. The third-order valence-electron chi connectivity index (χ3n) is 8.57. The summed E-state index contributed by atoms with van der Waals surface area (Å²) in [5.41, 5.74) is 0.390. The van der Waals surface area contributed by atoms with E-state index in [1.54, 1.807) is 0 Å². The first-order valence-electron chi connectivity index (χ1n) is 9.61. The predicted molar refractivity (Wildman–Crippen MR) is 87.7 cm³/mol. The number of rotatable bonds is 2. The molecule has 0 N–H and O–H groups in total. The molecule has 0 heterocycles. The molecule has 0 bridgehead atoms. The second-order valence-electron chi connectivity index (χ2n) is 9.20. The van der Waals surface area contributed by atoms with Gasteiger partial charge in [0.05, 0.1) is 0 Å². The molecular formula is C20H30O3. The molecule has 0 spiro atoms. The van der Waals surface area contributed by atoms with Gasteiger partial charge in [0.25, 0.3) is 6.47 Å². The normalized spacial score (nSPS) is 52.3. The van der Waals surface area contributed by atoms with Crippen molar-refractivity contribution in [1.29, 1.82) is 0 Å². The van der Waals surface area contributed by atoms with Crippen molar-refractivity contribution in [2.24, 2.45) is 34.5 Å². The molecule has 0 aromatic carbocycles. The van der Waals surface area contributed by atoms with Crippen molar-refractivity contribution in [2.75, 3.05) is 0 Å². The molecular weight excluding hydrogens is 288 g/mol. The van der Waals surface area contributed by atoms with E-state index in [0.29, 0.717) is 29.5 Å². The maximum absolute atomic E-state index is 12.4. The third-order valence-corrected chi connectivity index (χ3v) is 8.57. The topological polar surface area (TPSA) is 43.4 Å². The Bertz CT molecular complexity index is 515. The van der Waals surface area contributed by atoms with E-state index in [9.17, 15) is 9.59 Å². The molecule has 4 aliphatic rings. The lowest BCUT2D eigenvalue weighted by atomic mass is 9.45. The van der Waals surface area contributed by atoms with Crippen LogP contribution in [-0.2, 0) is 14.3 Å². The average molecular weight is 318 g/mol. The van der Waals surface area contributed by atoms with Gasteiger partial charge in [0.15, 0.2) is 0 Å². The Morgan fingerprint density at radius 1 is 1.04 bits per heavy atom. The van der Waals surface area contributed by atoms with Crippen molar-refractivity contribution in [1.82, 2.24) is 0 Å². The van der Waals surface area contributed by atoms with Crippen molar-refractivity contribution in [3.8, 4) is 0 Å². The first-order chi connectivity index (χ1) is 11.0. The van der Waals surface area contributed by atoms with Crippen molar-refractivity contribution in [2.45, 2.75) is 77.7 Å². The summed E-state index contributed by atoms with van der Waals surface area (Å²) in [6.45, 7) is 5.40. The van der Waals surface area contributed by atoms with Crippen LogP contribution in [0.25, 0.3) is 0 Å². The van der Waals surface area contributed by atoms with Crippen molar-refractivity contribution in [3.63, 3.8) is 0 Å². The van der Waals surface area contributed by atoms with E-state index in [1.165, 1.54) is 25.7 Å². The lowest BCUT2D eigenvalue weighted by molar-refractivity contribution is -0.151. The van der Waals surface area contributed by atoms with Gasteiger partial charge >= 0.3 is 0 Å². The Morgan fingerprint density at radius 2 is 1.87 bits per heavy atom. The molecule has 7 atom stereocenters. The fraction of sp³-hybridized carbons (Fsp3) is 0.900. The SMILES string of the molecule is C[C@]12CCC(OC=O)C[C@H]1CC[C@@H]1[C@@H]2CC[C@]2(C)C(=O)CC[C@@H]12. The summed E-state index contributed by atoms with van der Waals surface area (Å²) in [7, 11) is 0. The van der Waals surface area contributed by atoms with Crippen molar-refractivity contribution >= 4 is 12.3 Å². The van der Waals surface area contributed by atoms with E-state index in [4.69, 9.17) is 4.74 Å². The summed E-state index contributed by atoms with van der Waals surface area (Å²) in [5.74, 6) is 3.41. The van der Waals surface area contributed by atoms with Crippen LogP contribution in [-0.4, -0.2) is 18.4 Å². The maximum atomic E-state index is 12.4. The Balaban J connectivity index is 1.57. The van der Waals surface area contributed by atoms with Crippen LogP contribution in [0, 0.1) is 34.5 Å². The van der Waals surface area contributed by atoms with E-state index >= 15 is 0 Å². The maximum Gasteiger partial charge on any atom is 0.293 e. The van der Waals surface area contributed by atoms with Crippen LogP contribution in [0.1, 0.15) is 71.6 Å². The first kappa shape index (κ1) is 15.7. The number of carbonyl (C=O) groups is 2. The molecule has 0 aliphatic heterocycles. The van der Waals surface area contributed by atoms with Crippen LogP contribution in [0.4, 0.5) is 0 Å². The Hall–Kier alpha value is -0.860. The highest BCUT2D eigenvalue weighted by Crippen LogP contribution is 2.65. The van der Waals surface area contributed by atoms with Crippen molar-refractivity contribution < 1.29 is 14.3 Å². The molecule has 4 fully saturated rings. The highest BCUT2D eigenvalue weighted by Gasteiger charge is 2.60. The van der Waals surface area contributed by atoms with Gasteiger partial charge in [0, 0.05) is 11.8 Å². The smallest absolute Gasteiger partial charge is 0.293 e. The van der Waals surface area contributed by atoms with Gasteiger partial charge in [-0.15, -0.1) is 0 Å². The lowest BCUT2D eigenvalue weighted by Crippen LogP contribution is -2.54. The molecule has 0 aromatic heterocycles. The minimum Gasteiger partial charge on any atom is -0.465 e. The highest BCUT2D eigenvalue weighted by molar-refractivity contribution is 5.87. The quantitative estimate of drug-likeness (QED) is 0.719. The van der Waals surface area contributed by atoms with Crippen LogP contribution in [0.2, 0.25) is 0 Å². The van der Waals surface area contributed by atoms with E-state index in [0.717, 1.165) is 43.9 Å². The van der Waals surface area contributed by atoms with Crippen LogP contribution >= 0.6 is 0 Å². The lowest BCUT2D eigenvalue weighted by Gasteiger charge is -2.60. The molecule has 0 aromatic rings. The predicted octanol–water partition coefficient (Wildman–Crippen LogP) is 4.14. The van der Waals surface area contributed by atoms with Crippen LogP contribution in [0.15, 0.2) is 0 Å². The monoisotopic (exact) mass is 318 g/mol. The molecule has 3 nitrogen and oxygen atoms in total. The van der Waals surface area contributed by atoms with Gasteiger partial charge in [-0.2, -0.15) is 0 Å². The van der Waals surface area contributed by atoms with Gasteiger partial charge in [-0.25, -0.2) is 0 Å². The molecule has 4 aliphatic carbocycles. The fourth-order valence-electron chi connectivity index (χ4n) is 7.19. The first-order valence-corrected chi connectivity index (χ1v) is 9.61. The number of hydrogen-bond acceptors (Lipinski definition) is 3. The second kappa shape index (κ2) is 5.32. The number of ether oxygens (including phenoxy) is 1. The molecule has 1 unspecified atom stereocenters. The molecule has 0 radical (unpaired) electrons. The van der Waals surface area contributed by atoms with Crippen LogP contribution < -0.4 is 0 Å². The summed E-state index contributed by atoms with van der Waals surface area (Å²) >= 11 is 0. The zero-order valence-electron chi connectivity index (χ0n) is 14.6. The van der Waals surface area contributed by atoms with E-state index in [1.807, 2.05) is 0 Å². The number of fused-ring (bicyclic) bond motifs is 5. The van der Waals surface area contributed by atoms with E-state index in [-0.39, 0.29) is 11.5 Å². The molecule has 23 heavy (non-hydrogen) atoms. The summed E-state index contributed by atoms with van der Waals surface area (Å²) in [6, 6.07) is 0. The number of hydrogen-bond donors (Lipinski definition) is 0. The van der Waals surface area contributed by atoms with Crippen LogP contribution in [0.5, 0.6) is 0 Å². The van der Waals surface area contributed by atoms with Gasteiger partial charge in [-0.3, -0.25) is 9.59 Å². The minimum absolute atomic E-state index is 0.0117. The second-order valence-corrected chi connectivity index (χ2v) is 9.20. The molecule has 4 rings (SSSR count).